The van der Waals surface area contributed by atoms with E-state index in [1.165, 1.54) is 29.5 Å². The average Bonchev–Trinajstić information content (AvgIpc) is 3.47. The molecule has 0 heteroatoms. The molecule has 4 rings (SSSR count). The highest BCUT2D eigenvalue weighted by Gasteiger charge is 2.33. The van der Waals surface area contributed by atoms with Gasteiger partial charge in [-0.25, -0.2) is 0 Å². The zero-order valence-corrected chi connectivity index (χ0v) is 14.1. The standard InChI is InChI=1S/C24H24/c1-3-9-19(10-4-1)17-22-13-7-8-14-23(22)24(21-15-16-21)18-20-11-5-2-6-12-20/h1-14,21,24H,15-18H2. The number of hydrogen-bond acceptors (Lipinski definition) is 0. The van der Waals surface area contributed by atoms with Crippen LogP contribution >= 0.6 is 0 Å². The second-order valence-corrected chi connectivity index (χ2v) is 6.99. The Balaban J connectivity index is 1.63. The summed E-state index contributed by atoms with van der Waals surface area (Å²) in [5.74, 6) is 1.52. The summed E-state index contributed by atoms with van der Waals surface area (Å²) in [6, 6.07) is 30.9. The predicted molar refractivity (Wildman–Crippen MR) is 101 cm³/mol. The molecule has 0 nitrogen and oxygen atoms in total. The van der Waals surface area contributed by atoms with E-state index in [9.17, 15) is 0 Å². The highest BCUT2D eigenvalue weighted by Crippen LogP contribution is 2.45. The first-order valence-corrected chi connectivity index (χ1v) is 9.06. The van der Waals surface area contributed by atoms with E-state index in [0.717, 1.165) is 18.8 Å². The summed E-state index contributed by atoms with van der Waals surface area (Å²) in [5, 5.41) is 0. The fourth-order valence-electron chi connectivity index (χ4n) is 3.77. The molecule has 1 aliphatic carbocycles. The SMILES string of the molecule is c1ccc(Cc2ccccc2C(Cc2ccccc2)C2CC2)cc1. The molecule has 120 valence electrons. The lowest BCUT2D eigenvalue weighted by atomic mass is 9.84. The van der Waals surface area contributed by atoms with Crippen molar-refractivity contribution in [3.8, 4) is 0 Å². The Morgan fingerprint density at radius 2 is 1.25 bits per heavy atom. The van der Waals surface area contributed by atoms with Gasteiger partial charge >= 0.3 is 0 Å². The molecule has 1 atom stereocenters. The van der Waals surface area contributed by atoms with Crippen LogP contribution in [-0.2, 0) is 12.8 Å². The van der Waals surface area contributed by atoms with Gasteiger partial charge in [-0.1, -0.05) is 84.9 Å². The molecule has 0 N–H and O–H groups in total. The Bertz CT molecular complexity index is 769. The van der Waals surface area contributed by atoms with Crippen LogP contribution in [0.1, 0.15) is 41.0 Å². The van der Waals surface area contributed by atoms with Crippen molar-refractivity contribution >= 4 is 0 Å². The lowest BCUT2D eigenvalue weighted by Gasteiger charge is -2.21. The summed E-state index contributed by atoms with van der Waals surface area (Å²) in [6.45, 7) is 0. The molecular weight excluding hydrogens is 288 g/mol. The second-order valence-electron chi connectivity index (χ2n) is 6.99. The zero-order chi connectivity index (χ0) is 16.2. The van der Waals surface area contributed by atoms with Gasteiger partial charge in [-0.3, -0.25) is 0 Å². The predicted octanol–water partition coefficient (Wildman–Crippen LogP) is 6.01. The van der Waals surface area contributed by atoms with Crippen LogP contribution in [0.5, 0.6) is 0 Å². The van der Waals surface area contributed by atoms with Gasteiger partial charge in [0.2, 0.25) is 0 Å². The maximum atomic E-state index is 2.37. The molecule has 0 bridgehead atoms. The highest BCUT2D eigenvalue weighted by molar-refractivity contribution is 5.37. The van der Waals surface area contributed by atoms with Gasteiger partial charge in [0.1, 0.15) is 0 Å². The maximum Gasteiger partial charge on any atom is -0.00229 e. The smallest absolute Gasteiger partial charge is 0.00229 e. The van der Waals surface area contributed by atoms with Crippen LogP contribution in [0, 0.1) is 5.92 Å². The lowest BCUT2D eigenvalue weighted by molar-refractivity contribution is 0.597. The van der Waals surface area contributed by atoms with Crippen molar-refractivity contribution in [3.05, 3.63) is 107 Å². The molecule has 0 spiro atoms. The van der Waals surface area contributed by atoms with Crippen LogP contribution in [0.2, 0.25) is 0 Å². The third kappa shape index (κ3) is 3.59. The van der Waals surface area contributed by atoms with Gasteiger partial charge in [0.15, 0.2) is 0 Å². The summed E-state index contributed by atoms with van der Waals surface area (Å²) >= 11 is 0. The van der Waals surface area contributed by atoms with Crippen molar-refractivity contribution in [2.24, 2.45) is 5.92 Å². The van der Waals surface area contributed by atoms with Crippen LogP contribution in [0.15, 0.2) is 84.9 Å². The van der Waals surface area contributed by atoms with Gasteiger partial charge in [0.25, 0.3) is 0 Å². The molecule has 1 fully saturated rings. The van der Waals surface area contributed by atoms with Crippen LogP contribution in [0.4, 0.5) is 0 Å². The summed E-state index contributed by atoms with van der Waals surface area (Å²) in [4.78, 5) is 0. The van der Waals surface area contributed by atoms with Crippen LogP contribution in [-0.4, -0.2) is 0 Å². The van der Waals surface area contributed by atoms with Crippen LogP contribution in [0.25, 0.3) is 0 Å². The molecule has 24 heavy (non-hydrogen) atoms. The van der Waals surface area contributed by atoms with E-state index in [1.54, 1.807) is 5.56 Å². The van der Waals surface area contributed by atoms with Crippen molar-refractivity contribution in [2.45, 2.75) is 31.6 Å². The minimum absolute atomic E-state index is 0.660. The minimum atomic E-state index is 0.660. The number of rotatable bonds is 6. The molecule has 0 heterocycles. The first-order chi connectivity index (χ1) is 11.9. The zero-order valence-electron chi connectivity index (χ0n) is 14.1. The molecule has 1 unspecified atom stereocenters. The second kappa shape index (κ2) is 7.05. The van der Waals surface area contributed by atoms with Gasteiger partial charge in [0.05, 0.1) is 0 Å². The van der Waals surface area contributed by atoms with Crippen molar-refractivity contribution < 1.29 is 0 Å². The normalized spacial score (nSPS) is 15.2. The van der Waals surface area contributed by atoms with E-state index in [0.29, 0.717) is 5.92 Å². The molecule has 1 saturated carbocycles. The minimum Gasteiger partial charge on any atom is -0.0622 e. The summed E-state index contributed by atoms with van der Waals surface area (Å²) < 4.78 is 0. The number of benzene rings is 3. The van der Waals surface area contributed by atoms with E-state index >= 15 is 0 Å². The Labute approximate surface area is 145 Å². The average molecular weight is 312 g/mol. The van der Waals surface area contributed by atoms with E-state index in [2.05, 4.69) is 84.9 Å². The monoisotopic (exact) mass is 312 g/mol. The summed E-state index contributed by atoms with van der Waals surface area (Å²) in [5.41, 5.74) is 5.92. The molecule has 0 saturated heterocycles. The Kier molecular flexibility index (Phi) is 4.46. The molecule has 0 amide bonds. The Morgan fingerprint density at radius 3 is 1.92 bits per heavy atom. The first kappa shape index (κ1) is 15.2. The molecule has 0 radical (unpaired) electrons. The van der Waals surface area contributed by atoms with Gasteiger partial charge in [-0.05, 0) is 59.8 Å². The van der Waals surface area contributed by atoms with Gasteiger partial charge in [-0.2, -0.15) is 0 Å². The van der Waals surface area contributed by atoms with Crippen molar-refractivity contribution in [1.82, 2.24) is 0 Å². The number of hydrogen-bond donors (Lipinski definition) is 0. The Hall–Kier alpha value is -2.34. The third-order valence-electron chi connectivity index (χ3n) is 5.18. The molecule has 0 aromatic heterocycles. The third-order valence-corrected chi connectivity index (χ3v) is 5.18. The van der Waals surface area contributed by atoms with Gasteiger partial charge in [-0.15, -0.1) is 0 Å². The quantitative estimate of drug-likeness (QED) is 0.522. The Morgan fingerprint density at radius 1 is 0.667 bits per heavy atom. The molecule has 3 aromatic carbocycles. The molecular formula is C24H24. The van der Waals surface area contributed by atoms with Gasteiger partial charge in [0, 0.05) is 0 Å². The van der Waals surface area contributed by atoms with E-state index in [4.69, 9.17) is 0 Å². The van der Waals surface area contributed by atoms with Gasteiger partial charge < -0.3 is 0 Å². The van der Waals surface area contributed by atoms with E-state index < -0.39 is 0 Å². The maximum absolute atomic E-state index is 2.37. The summed E-state index contributed by atoms with van der Waals surface area (Å²) in [7, 11) is 0. The molecule has 1 aliphatic rings. The largest absolute Gasteiger partial charge is 0.0622 e. The summed E-state index contributed by atoms with van der Waals surface area (Å²) in [6.07, 6.45) is 4.97. The van der Waals surface area contributed by atoms with Crippen LogP contribution < -0.4 is 0 Å². The van der Waals surface area contributed by atoms with Crippen molar-refractivity contribution in [3.63, 3.8) is 0 Å². The fraction of sp³-hybridized carbons (Fsp3) is 0.250. The first-order valence-electron chi connectivity index (χ1n) is 9.06. The lowest BCUT2D eigenvalue weighted by Crippen LogP contribution is -2.09. The van der Waals surface area contributed by atoms with Crippen molar-refractivity contribution in [1.29, 1.82) is 0 Å². The fourth-order valence-corrected chi connectivity index (χ4v) is 3.77. The van der Waals surface area contributed by atoms with E-state index in [1.807, 2.05) is 0 Å². The van der Waals surface area contributed by atoms with E-state index in [-0.39, 0.29) is 0 Å². The highest BCUT2D eigenvalue weighted by atomic mass is 14.4. The van der Waals surface area contributed by atoms with Crippen molar-refractivity contribution in [2.75, 3.05) is 0 Å². The molecule has 0 aliphatic heterocycles. The topological polar surface area (TPSA) is 0 Å². The van der Waals surface area contributed by atoms with Crippen LogP contribution in [0.3, 0.4) is 0 Å². The molecule has 3 aromatic rings.